The van der Waals surface area contributed by atoms with Gasteiger partial charge in [0.25, 0.3) is 0 Å². The van der Waals surface area contributed by atoms with Gasteiger partial charge in [0.05, 0.1) is 11.6 Å². The topological polar surface area (TPSA) is 33.2 Å². The molecule has 0 radical (unpaired) electrons. The minimum Gasteiger partial charge on any atom is -0.489 e. The molecule has 5 heteroatoms. The zero-order chi connectivity index (χ0) is 14.8. The molecule has 0 unspecified atom stereocenters. The molecular formula is C16H23N3OS. The van der Waals surface area contributed by atoms with Crippen LogP contribution in [-0.4, -0.2) is 40.2 Å². The summed E-state index contributed by atoms with van der Waals surface area (Å²) in [5, 5.41) is 0. The number of benzene rings is 1. The SMILES string of the molecule is CC(C)Oc1cccc2c1[nH]c(=S)n2CCN1CCCC1. The van der Waals surface area contributed by atoms with Crippen LogP contribution in [0.5, 0.6) is 5.75 Å². The lowest BCUT2D eigenvalue weighted by Crippen LogP contribution is -2.24. The predicted octanol–water partition coefficient (Wildman–Crippen LogP) is 3.58. The Kier molecular flexibility index (Phi) is 4.31. The van der Waals surface area contributed by atoms with E-state index in [0.717, 1.165) is 34.6 Å². The Balaban J connectivity index is 1.88. The van der Waals surface area contributed by atoms with Crippen LogP contribution < -0.4 is 4.74 Å². The maximum absolute atomic E-state index is 5.87. The van der Waals surface area contributed by atoms with Crippen molar-refractivity contribution < 1.29 is 4.74 Å². The first-order chi connectivity index (χ1) is 10.1. The van der Waals surface area contributed by atoms with Crippen molar-refractivity contribution >= 4 is 23.3 Å². The van der Waals surface area contributed by atoms with Crippen molar-refractivity contribution in [3.8, 4) is 5.75 Å². The first-order valence-electron chi connectivity index (χ1n) is 7.75. The second kappa shape index (κ2) is 6.20. The number of H-pyrrole nitrogens is 1. The third kappa shape index (κ3) is 3.14. The van der Waals surface area contributed by atoms with Crippen molar-refractivity contribution in [1.29, 1.82) is 0 Å². The number of rotatable bonds is 5. The van der Waals surface area contributed by atoms with Gasteiger partial charge in [0.1, 0.15) is 11.3 Å². The molecule has 1 N–H and O–H groups in total. The summed E-state index contributed by atoms with van der Waals surface area (Å²) in [4.78, 5) is 5.82. The highest BCUT2D eigenvalue weighted by molar-refractivity contribution is 7.71. The predicted molar refractivity (Wildman–Crippen MR) is 88.6 cm³/mol. The number of imidazole rings is 1. The van der Waals surface area contributed by atoms with Crippen LogP contribution in [0.4, 0.5) is 0 Å². The van der Waals surface area contributed by atoms with Crippen LogP contribution in [0.25, 0.3) is 11.0 Å². The van der Waals surface area contributed by atoms with Crippen LogP contribution in [0.15, 0.2) is 18.2 Å². The van der Waals surface area contributed by atoms with Gasteiger partial charge in [0.2, 0.25) is 0 Å². The number of para-hydroxylation sites is 1. The summed E-state index contributed by atoms with van der Waals surface area (Å²) in [5.41, 5.74) is 2.15. The summed E-state index contributed by atoms with van der Waals surface area (Å²) in [6.45, 7) is 8.52. The van der Waals surface area contributed by atoms with E-state index in [4.69, 9.17) is 17.0 Å². The first-order valence-corrected chi connectivity index (χ1v) is 8.16. The van der Waals surface area contributed by atoms with E-state index in [2.05, 4.69) is 20.5 Å². The average molecular weight is 305 g/mol. The number of likely N-dealkylation sites (tertiary alicyclic amines) is 1. The van der Waals surface area contributed by atoms with Crippen molar-refractivity contribution in [2.24, 2.45) is 0 Å². The molecule has 1 fully saturated rings. The lowest BCUT2D eigenvalue weighted by atomic mass is 10.3. The molecule has 0 atom stereocenters. The van der Waals surface area contributed by atoms with Crippen molar-refractivity contribution in [3.63, 3.8) is 0 Å². The molecule has 1 saturated heterocycles. The number of fused-ring (bicyclic) bond motifs is 1. The van der Waals surface area contributed by atoms with Gasteiger partial charge in [-0.15, -0.1) is 0 Å². The van der Waals surface area contributed by atoms with Gasteiger partial charge in [0.15, 0.2) is 4.77 Å². The Morgan fingerprint density at radius 1 is 1.24 bits per heavy atom. The van der Waals surface area contributed by atoms with Crippen LogP contribution in [0, 0.1) is 4.77 Å². The summed E-state index contributed by atoms with van der Waals surface area (Å²) >= 11 is 5.50. The highest BCUT2D eigenvalue weighted by Gasteiger charge is 2.14. The fourth-order valence-corrected chi connectivity index (χ4v) is 3.27. The maximum atomic E-state index is 5.87. The fourth-order valence-electron chi connectivity index (χ4n) is 2.98. The summed E-state index contributed by atoms with van der Waals surface area (Å²) in [7, 11) is 0. The molecule has 0 spiro atoms. The van der Waals surface area contributed by atoms with E-state index in [9.17, 15) is 0 Å². The van der Waals surface area contributed by atoms with Gasteiger partial charge in [-0.25, -0.2) is 0 Å². The molecule has 1 aromatic heterocycles. The van der Waals surface area contributed by atoms with Crippen LogP contribution in [0.2, 0.25) is 0 Å². The molecule has 0 aliphatic carbocycles. The number of aromatic nitrogens is 2. The summed E-state index contributed by atoms with van der Waals surface area (Å²) < 4.78 is 8.84. The van der Waals surface area contributed by atoms with Gasteiger partial charge in [-0.2, -0.15) is 0 Å². The molecule has 1 aliphatic heterocycles. The van der Waals surface area contributed by atoms with E-state index in [1.807, 2.05) is 26.0 Å². The number of aromatic amines is 1. The maximum Gasteiger partial charge on any atom is 0.178 e. The lowest BCUT2D eigenvalue weighted by Gasteiger charge is -2.15. The molecular weight excluding hydrogens is 282 g/mol. The molecule has 0 bridgehead atoms. The van der Waals surface area contributed by atoms with Gasteiger partial charge in [-0.05, 0) is 64.1 Å². The lowest BCUT2D eigenvalue weighted by molar-refractivity contribution is 0.245. The molecule has 0 amide bonds. The molecule has 2 heterocycles. The minimum absolute atomic E-state index is 0.158. The van der Waals surface area contributed by atoms with Gasteiger partial charge >= 0.3 is 0 Å². The molecule has 2 aromatic rings. The zero-order valence-corrected chi connectivity index (χ0v) is 13.6. The highest BCUT2D eigenvalue weighted by atomic mass is 32.1. The number of nitrogens with zero attached hydrogens (tertiary/aromatic N) is 2. The second-order valence-corrected chi connectivity index (χ2v) is 6.33. The largest absolute Gasteiger partial charge is 0.489 e. The minimum atomic E-state index is 0.158. The Hall–Kier alpha value is -1.33. The molecule has 1 aliphatic rings. The summed E-state index contributed by atoms with van der Waals surface area (Å²) in [6, 6.07) is 6.15. The monoisotopic (exact) mass is 305 g/mol. The number of nitrogens with one attached hydrogen (secondary N) is 1. The van der Waals surface area contributed by atoms with Gasteiger partial charge in [0, 0.05) is 13.1 Å². The second-order valence-electron chi connectivity index (χ2n) is 5.95. The van der Waals surface area contributed by atoms with E-state index in [1.54, 1.807) is 0 Å². The fraction of sp³-hybridized carbons (Fsp3) is 0.562. The van der Waals surface area contributed by atoms with Crippen molar-refractivity contribution in [2.45, 2.75) is 39.3 Å². The van der Waals surface area contributed by atoms with Crippen molar-refractivity contribution in [2.75, 3.05) is 19.6 Å². The molecule has 0 saturated carbocycles. The third-order valence-electron chi connectivity index (χ3n) is 3.97. The summed E-state index contributed by atoms with van der Waals surface area (Å²) in [6.07, 6.45) is 2.81. The molecule has 4 nitrogen and oxygen atoms in total. The Morgan fingerprint density at radius 2 is 2.00 bits per heavy atom. The quantitative estimate of drug-likeness (QED) is 0.857. The number of hydrogen-bond acceptors (Lipinski definition) is 3. The smallest absolute Gasteiger partial charge is 0.178 e. The van der Waals surface area contributed by atoms with Gasteiger partial charge < -0.3 is 19.2 Å². The van der Waals surface area contributed by atoms with Crippen molar-refractivity contribution in [3.05, 3.63) is 23.0 Å². The first kappa shape index (κ1) is 14.6. The zero-order valence-electron chi connectivity index (χ0n) is 12.8. The van der Waals surface area contributed by atoms with Crippen LogP contribution >= 0.6 is 12.2 Å². The van der Waals surface area contributed by atoms with E-state index < -0.39 is 0 Å². The Labute approximate surface area is 130 Å². The van der Waals surface area contributed by atoms with E-state index >= 15 is 0 Å². The summed E-state index contributed by atoms with van der Waals surface area (Å²) in [5.74, 6) is 0.883. The van der Waals surface area contributed by atoms with Gasteiger partial charge in [-0.1, -0.05) is 6.07 Å². The molecule has 114 valence electrons. The van der Waals surface area contributed by atoms with E-state index in [0.29, 0.717) is 0 Å². The molecule has 1 aromatic carbocycles. The van der Waals surface area contributed by atoms with E-state index in [1.165, 1.54) is 25.9 Å². The normalized spacial score (nSPS) is 16.1. The Morgan fingerprint density at radius 3 is 2.71 bits per heavy atom. The van der Waals surface area contributed by atoms with Crippen LogP contribution in [0.3, 0.4) is 0 Å². The van der Waals surface area contributed by atoms with Gasteiger partial charge in [-0.3, -0.25) is 0 Å². The van der Waals surface area contributed by atoms with E-state index in [-0.39, 0.29) is 6.10 Å². The highest BCUT2D eigenvalue weighted by Crippen LogP contribution is 2.26. The number of hydrogen-bond donors (Lipinski definition) is 1. The third-order valence-corrected chi connectivity index (χ3v) is 4.30. The molecule has 3 rings (SSSR count). The average Bonchev–Trinajstić information content (AvgIpc) is 3.04. The number of ether oxygens (including phenoxy) is 1. The Bertz CT molecular complexity index is 668. The van der Waals surface area contributed by atoms with Crippen molar-refractivity contribution in [1.82, 2.24) is 14.5 Å². The standard InChI is InChI=1S/C16H23N3OS/c1-12(2)20-14-7-5-6-13-15(14)17-16(21)19(13)11-10-18-8-3-4-9-18/h5-7,12H,3-4,8-11H2,1-2H3,(H,17,21). The van der Waals surface area contributed by atoms with Crippen LogP contribution in [-0.2, 0) is 6.54 Å². The molecule has 21 heavy (non-hydrogen) atoms. The van der Waals surface area contributed by atoms with Crippen LogP contribution in [0.1, 0.15) is 26.7 Å².